The molecular weight excluding hydrogens is 348 g/mol. The fraction of sp³-hybridized carbons (Fsp3) is 0.190. The second-order valence-electron chi connectivity index (χ2n) is 4.70. The first-order valence-corrected chi connectivity index (χ1v) is 7.87. The van der Waals surface area contributed by atoms with Gasteiger partial charge in [-0.25, -0.2) is 14.4 Å². The molecule has 3 N–H and O–H groups in total. The van der Waals surface area contributed by atoms with Gasteiger partial charge in [0.1, 0.15) is 0 Å². The molecule has 0 aliphatic rings. The van der Waals surface area contributed by atoms with E-state index in [-0.39, 0.29) is 5.57 Å². The lowest BCUT2D eigenvalue weighted by Crippen LogP contribution is -1.95. The van der Waals surface area contributed by atoms with Crippen LogP contribution in [0, 0.1) is 0 Å². The van der Waals surface area contributed by atoms with Gasteiger partial charge in [-0.1, -0.05) is 69.1 Å². The van der Waals surface area contributed by atoms with Crippen LogP contribution in [0.25, 0.3) is 6.08 Å². The Morgan fingerprint density at radius 1 is 1.00 bits per heavy atom. The molecule has 6 nitrogen and oxygen atoms in total. The zero-order valence-corrected chi connectivity index (χ0v) is 16.0. The SMILES string of the molecule is C/C=C(\C)C(=O)O.C=C(CC)C(=O)O.C=CC(=O)O.C=Cc1ccccc1. The number of rotatable bonds is 5. The summed E-state index contributed by atoms with van der Waals surface area (Å²) in [6.07, 6.45) is 4.75. The largest absolute Gasteiger partial charge is 0.478 e. The first-order valence-electron chi connectivity index (χ1n) is 7.87. The molecule has 0 radical (unpaired) electrons. The van der Waals surface area contributed by atoms with E-state index in [2.05, 4.69) is 19.7 Å². The monoisotopic (exact) mass is 376 g/mol. The van der Waals surface area contributed by atoms with Gasteiger partial charge in [0.05, 0.1) is 0 Å². The van der Waals surface area contributed by atoms with Crippen molar-refractivity contribution in [2.24, 2.45) is 0 Å². The van der Waals surface area contributed by atoms with Gasteiger partial charge in [-0.05, 0) is 25.8 Å². The number of hydrogen-bond acceptors (Lipinski definition) is 3. The predicted octanol–water partition coefficient (Wildman–Crippen LogP) is 4.66. The minimum atomic E-state index is -0.981. The van der Waals surface area contributed by atoms with E-state index in [0.29, 0.717) is 12.0 Å². The second kappa shape index (κ2) is 18.9. The van der Waals surface area contributed by atoms with Gasteiger partial charge < -0.3 is 15.3 Å². The fourth-order valence-corrected chi connectivity index (χ4v) is 0.864. The highest BCUT2D eigenvalue weighted by Gasteiger charge is 1.96. The number of carboxylic acid groups (broad SMARTS) is 3. The highest BCUT2D eigenvalue weighted by molar-refractivity contribution is 5.85. The van der Waals surface area contributed by atoms with Crippen LogP contribution >= 0.6 is 0 Å². The van der Waals surface area contributed by atoms with Crippen molar-refractivity contribution in [3.05, 3.63) is 78.9 Å². The van der Waals surface area contributed by atoms with Gasteiger partial charge in [-0.2, -0.15) is 0 Å². The quantitative estimate of drug-likeness (QED) is 0.644. The Hall–Kier alpha value is -3.41. The molecule has 0 amide bonds. The highest BCUT2D eigenvalue weighted by atomic mass is 16.4. The Labute approximate surface area is 160 Å². The van der Waals surface area contributed by atoms with E-state index in [0.717, 1.165) is 6.08 Å². The van der Waals surface area contributed by atoms with Crippen molar-refractivity contribution >= 4 is 24.0 Å². The van der Waals surface area contributed by atoms with Gasteiger partial charge in [0, 0.05) is 17.2 Å². The van der Waals surface area contributed by atoms with E-state index in [1.165, 1.54) is 5.56 Å². The van der Waals surface area contributed by atoms with Gasteiger partial charge in [0.15, 0.2) is 0 Å². The highest BCUT2D eigenvalue weighted by Crippen LogP contribution is 1.97. The molecule has 1 rings (SSSR count). The molecule has 0 atom stereocenters. The first-order chi connectivity index (χ1) is 12.6. The molecular formula is C21H28O6. The Balaban J connectivity index is -0.000000289. The molecule has 1 aromatic rings. The Morgan fingerprint density at radius 3 is 1.56 bits per heavy atom. The van der Waals surface area contributed by atoms with Gasteiger partial charge in [0.2, 0.25) is 0 Å². The Morgan fingerprint density at radius 2 is 1.44 bits per heavy atom. The number of allylic oxidation sites excluding steroid dienone is 1. The standard InChI is InChI=1S/C8H8.2C5H8O2.C3H4O2/c1-2-8-6-4-3-5-7-8;2*1-3-4(2)5(6)7;1-2-3(4)5/h2-7H,1H2;3H,1-2H3,(H,6,7);2-3H2,1H3,(H,6,7);2H,1H2,(H,4,5)/b;4-3+;;. The lowest BCUT2D eigenvalue weighted by atomic mass is 10.2. The van der Waals surface area contributed by atoms with Crippen LogP contribution in [-0.4, -0.2) is 33.2 Å². The minimum absolute atomic E-state index is 0.264. The summed E-state index contributed by atoms with van der Waals surface area (Å²) in [6, 6.07) is 10.0. The van der Waals surface area contributed by atoms with Crippen LogP contribution in [0.15, 0.2) is 73.4 Å². The first kappa shape index (κ1) is 28.4. The van der Waals surface area contributed by atoms with Crippen LogP contribution in [0.1, 0.15) is 32.8 Å². The molecule has 0 heterocycles. The molecule has 0 aliphatic heterocycles. The maximum atomic E-state index is 9.86. The van der Waals surface area contributed by atoms with Crippen molar-refractivity contribution in [3.8, 4) is 0 Å². The van der Waals surface area contributed by atoms with Crippen molar-refractivity contribution < 1.29 is 29.7 Å². The van der Waals surface area contributed by atoms with Gasteiger partial charge in [0.25, 0.3) is 0 Å². The summed E-state index contributed by atoms with van der Waals surface area (Å²) >= 11 is 0. The van der Waals surface area contributed by atoms with Crippen LogP contribution in [0.2, 0.25) is 0 Å². The topological polar surface area (TPSA) is 112 Å². The van der Waals surface area contributed by atoms with Crippen molar-refractivity contribution in [3.63, 3.8) is 0 Å². The van der Waals surface area contributed by atoms with E-state index in [1.54, 1.807) is 26.8 Å². The van der Waals surface area contributed by atoms with Crippen LogP contribution < -0.4 is 0 Å². The zero-order chi connectivity index (χ0) is 21.8. The van der Waals surface area contributed by atoms with Crippen molar-refractivity contribution in [1.82, 2.24) is 0 Å². The summed E-state index contributed by atoms with van der Waals surface area (Å²) in [5, 5.41) is 23.8. The summed E-state index contributed by atoms with van der Waals surface area (Å²) in [7, 11) is 0. The molecule has 27 heavy (non-hydrogen) atoms. The second-order valence-corrected chi connectivity index (χ2v) is 4.70. The zero-order valence-electron chi connectivity index (χ0n) is 16.0. The maximum Gasteiger partial charge on any atom is 0.330 e. The molecule has 0 aromatic heterocycles. The molecule has 0 unspecified atom stereocenters. The molecule has 6 heteroatoms. The molecule has 0 bridgehead atoms. The smallest absolute Gasteiger partial charge is 0.330 e. The number of carbonyl (C=O) groups is 3. The third-order valence-electron chi connectivity index (χ3n) is 2.71. The average molecular weight is 376 g/mol. The lowest BCUT2D eigenvalue weighted by molar-refractivity contribution is -0.133. The van der Waals surface area contributed by atoms with E-state index < -0.39 is 17.9 Å². The van der Waals surface area contributed by atoms with Crippen molar-refractivity contribution in [1.29, 1.82) is 0 Å². The van der Waals surface area contributed by atoms with E-state index >= 15 is 0 Å². The molecule has 148 valence electrons. The third-order valence-corrected chi connectivity index (χ3v) is 2.71. The molecule has 0 saturated carbocycles. The van der Waals surface area contributed by atoms with Crippen LogP contribution in [-0.2, 0) is 14.4 Å². The van der Waals surface area contributed by atoms with Crippen LogP contribution in [0.3, 0.4) is 0 Å². The number of benzene rings is 1. The summed E-state index contributed by atoms with van der Waals surface area (Å²) in [4.78, 5) is 28.9. The minimum Gasteiger partial charge on any atom is -0.478 e. The summed E-state index contributed by atoms with van der Waals surface area (Å²) in [5.74, 6) is -2.73. The van der Waals surface area contributed by atoms with Gasteiger partial charge >= 0.3 is 17.9 Å². The predicted molar refractivity (Wildman–Crippen MR) is 108 cm³/mol. The Kier molecular flexibility index (Phi) is 19.9. The number of carboxylic acids is 3. The number of hydrogen-bond donors (Lipinski definition) is 3. The van der Waals surface area contributed by atoms with Crippen LogP contribution in [0.4, 0.5) is 0 Å². The third kappa shape index (κ3) is 22.6. The molecule has 0 spiro atoms. The number of aliphatic carboxylic acids is 3. The fourth-order valence-electron chi connectivity index (χ4n) is 0.864. The van der Waals surface area contributed by atoms with Gasteiger partial charge in [-0.3, -0.25) is 0 Å². The molecule has 0 aliphatic carbocycles. The van der Waals surface area contributed by atoms with Crippen LogP contribution in [0.5, 0.6) is 0 Å². The summed E-state index contributed by atoms with van der Waals surface area (Å²) < 4.78 is 0. The molecule has 0 saturated heterocycles. The normalized spacial score (nSPS) is 8.78. The van der Waals surface area contributed by atoms with E-state index in [9.17, 15) is 14.4 Å². The van der Waals surface area contributed by atoms with Gasteiger partial charge in [-0.15, -0.1) is 0 Å². The molecule has 1 aromatic carbocycles. The molecule has 0 fully saturated rings. The van der Waals surface area contributed by atoms with Crippen molar-refractivity contribution in [2.45, 2.75) is 27.2 Å². The average Bonchev–Trinajstić information content (AvgIpc) is 2.68. The maximum absolute atomic E-state index is 9.86. The van der Waals surface area contributed by atoms with E-state index in [4.69, 9.17) is 15.3 Å². The van der Waals surface area contributed by atoms with Crippen molar-refractivity contribution in [2.75, 3.05) is 0 Å². The lowest BCUT2D eigenvalue weighted by Gasteiger charge is -1.87. The van der Waals surface area contributed by atoms with E-state index in [1.807, 2.05) is 36.4 Å². The summed E-state index contributed by atoms with van der Waals surface area (Å²) in [6.45, 7) is 14.9. The Bertz CT molecular complexity index is 642. The summed E-state index contributed by atoms with van der Waals surface area (Å²) in [5.41, 5.74) is 1.83.